The molecule has 5 rings (SSSR count). The summed E-state index contributed by atoms with van der Waals surface area (Å²) in [5, 5.41) is 12.1. The molecule has 0 unspecified atom stereocenters. The van der Waals surface area contributed by atoms with Crippen LogP contribution in [0.25, 0.3) is 10.8 Å². The molecule has 0 radical (unpaired) electrons. The van der Waals surface area contributed by atoms with E-state index in [0.29, 0.717) is 26.2 Å². The van der Waals surface area contributed by atoms with Crippen molar-refractivity contribution in [3.05, 3.63) is 77.9 Å². The van der Waals surface area contributed by atoms with Crippen LogP contribution in [-0.4, -0.2) is 70.8 Å². The minimum Gasteiger partial charge on any atom is -0.480 e. The Kier molecular flexibility index (Phi) is 5.94. The fourth-order valence-corrected chi connectivity index (χ4v) is 4.95. The number of rotatable bonds is 6. The van der Waals surface area contributed by atoms with Gasteiger partial charge in [0.15, 0.2) is 0 Å². The van der Waals surface area contributed by atoms with Gasteiger partial charge in [-0.1, -0.05) is 48.5 Å². The Morgan fingerprint density at radius 1 is 0.800 bits per heavy atom. The standard InChI is InChI=1S/C27H25N3O5/c31-24(13-12-23(27(34)35)30-25(32)20-9-3-4-10-21(20)26(30)33)29-16-14-28(15-17-29)22-11-5-7-18-6-1-2-8-19(18)22/h1-11,23H,12-17H2,(H,34,35)/t23-/m0/s1. The van der Waals surface area contributed by atoms with E-state index in [1.807, 2.05) is 18.2 Å². The summed E-state index contributed by atoms with van der Waals surface area (Å²) in [4.78, 5) is 55.0. The average molecular weight is 472 g/mol. The summed E-state index contributed by atoms with van der Waals surface area (Å²) in [5.74, 6) is -2.73. The molecule has 1 fully saturated rings. The molecule has 0 saturated carbocycles. The van der Waals surface area contributed by atoms with Gasteiger partial charge in [-0.05, 0) is 30.0 Å². The molecular formula is C27H25N3O5. The summed E-state index contributed by atoms with van der Waals surface area (Å²) in [7, 11) is 0. The second kappa shape index (κ2) is 9.21. The van der Waals surface area contributed by atoms with Gasteiger partial charge in [-0.25, -0.2) is 4.79 Å². The molecule has 2 heterocycles. The molecule has 3 aromatic rings. The Bertz CT molecular complexity index is 1290. The van der Waals surface area contributed by atoms with Crippen LogP contribution in [0, 0.1) is 0 Å². The van der Waals surface area contributed by atoms with Gasteiger partial charge in [0.05, 0.1) is 11.1 Å². The van der Waals surface area contributed by atoms with Gasteiger partial charge < -0.3 is 14.9 Å². The fourth-order valence-electron chi connectivity index (χ4n) is 4.95. The van der Waals surface area contributed by atoms with Crippen molar-refractivity contribution < 1.29 is 24.3 Å². The molecule has 1 atom stereocenters. The number of imide groups is 1. The molecule has 2 aliphatic rings. The fraction of sp³-hybridized carbons (Fsp3) is 0.259. The van der Waals surface area contributed by atoms with E-state index >= 15 is 0 Å². The normalized spacial score (nSPS) is 16.5. The second-order valence-corrected chi connectivity index (χ2v) is 8.78. The first-order valence-corrected chi connectivity index (χ1v) is 11.7. The van der Waals surface area contributed by atoms with Crippen molar-refractivity contribution in [1.29, 1.82) is 0 Å². The smallest absolute Gasteiger partial charge is 0.326 e. The maximum absolute atomic E-state index is 12.9. The molecule has 3 amide bonds. The minimum absolute atomic E-state index is 0.0569. The molecule has 3 aromatic carbocycles. The van der Waals surface area contributed by atoms with Crippen LogP contribution in [0.2, 0.25) is 0 Å². The van der Waals surface area contributed by atoms with Crippen molar-refractivity contribution in [1.82, 2.24) is 9.80 Å². The predicted molar refractivity (Wildman–Crippen MR) is 130 cm³/mol. The van der Waals surface area contributed by atoms with E-state index in [4.69, 9.17) is 0 Å². The number of amides is 3. The van der Waals surface area contributed by atoms with Gasteiger partial charge in [-0.2, -0.15) is 0 Å². The third-order valence-corrected chi connectivity index (χ3v) is 6.79. The number of anilines is 1. The van der Waals surface area contributed by atoms with Crippen molar-refractivity contribution in [3.63, 3.8) is 0 Å². The van der Waals surface area contributed by atoms with E-state index in [2.05, 4.69) is 29.2 Å². The summed E-state index contributed by atoms with van der Waals surface area (Å²) < 4.78 is 0. The number of carboxylic acid groups (broad SMARTS) is 1. The highest BCUT2D eigenvalue weighted by Crippen LogP contribution is 2.28. The first-order valence-electron chi connectivity index (χ1n) is 11.7. The highest BCUT2D eigenvalue weighted by atomic mass is 16.4. The summed E-state index contributed by atoms with van der Waals surface area (Å²) >= 11 is 0. The molecule has 8 nitrogen and oxygen atoms in total. The Balaban J connectivity index is 1.22. The van der Waals surface area contributed by atoms with E-state index < -0.39 is 23.8 Å². The van der Waals surface area contributed by atoms with Gasteiger partial charge in [0.2, 0.25) is 5.91 Å². The van der Waals surface area contributed by atoms with Crippen LogP contribution in [0.5, 0.6) is 0 Å². The largest absolute Gasteiger partial charge is 0.480 e. The van der Waals surface area contributed by atoms with Gasteiger partial charge >= 0.3 is 5.97 Å². The average Bonchev–Trinajstić information content (AvgIpc) is 3.14. The van der Waals surface area contributed by atoms with Crippen molar-refractivity contribution >= 4 is 40.2 Å². The van der Waals surface area contributed by atoms with Crippen molar-refractivity contribution in [2.75, 3.05) is 31.1 Å². The maximum Gasteiger partial charge on any atom is 0.326 e. The van der Waals surface area contributed by atoms with Crippen LogP contribution in [0.3, 0.4) is 0 Å². The highest BCUT2D eigenvalue weighted by Gasteiger charge is 2.42. The van der Waals surface area contributed by atoms with Crippen molar-refractivity contribution in [2.45, 2.75) is 18.9 Å². The summed E-state index contributed by atoms with van der Waals surface area (Å²) in [5.41, 5.74) is 1.52. The number of benzene rings is 3. The summed E-state index contributed by atoms with van der Waals surface area (Å²) in [6, 6.07) is 19.3. The van der Waals surface area contributed by atoms with Crippen molar-refractivity contribution in [2.24, 2.45) is 0 Å². The third-order valence-electron chi connectivity index (χ3n) is 6.79. The quantitative estimate of drug-likeness (QED) is 0.555. The molecule has 1 N–H and O–H groups in total. The Morgan fingerprint density at radius 3 is 2.06 bits per heavy atom. The minimum atomic E-state index is -1.39. The number of aliphatic carboxylic acids is 1. The molecule has 0 spiro atoms. The SMILES string of the molecule is O=C(O)[C@H](CCC(=O)N1CCN(c2cccc3ccccc23)CC1)N1C(=O)c2ccccc2C1=O. The number of fused-ring (bicyclic) bond motifs is 2. The zero-order valence-corrected chi connectivity index (χ0v) is 19.1. The number of carbonyl (C=O) groups is 4. The molecule has 1 saturated heterocycles. The molecule has 2 aliphatic heterocycles. The van der Waals surface area contributed by atoms with Crippen LogP contribution in [0.4, 0.5) is 5.69 Å². The highest BCUT2D eigenvalue weighted by molar-refractivity contribution is 6.22. The first kappa shape index (κ1) is 22.6. The molecule has 0 aliphatic carbocycles. The van der Waals surface area contributed by atoms with Crippen LogP contribution in [-0.2, 0) is 9.59 Å². The summed E-state index contributed by atoms with van der Waals surface area (Å²) in [6.45, 7) is 2.38. The Morgan fingerprint density at radius 2 is 1.40 bits per heavy atom. The number of piperazine rings is 1. The van der Waals surface area contributed by atoms with E-state index in [9.17, 15) is 24.3 Å². The molecule has 178 valence electrons. The van der Waals surface area contributed by atoms with Gasteiger partial charge in [-0.15, -0.1) is 0 Å². The lowest BCUT2D eigenvalue weighted by Crippen LogP contribution is -2.49. The lowest BCUT2D eigenvalue weighted by Gasteiger charge is -2.37. The number of nitrogens with zero attached hydrogens (tertiary/aromatic N) is 3. The van der Waals surface area contributed by atoms with Gasteiger partial charge in [0.25, 0.3) is 11.8 Å². The predicted octanol–water partition coefficient (Wildman–Crippen LogP) is 3.02. The Hall–Kier alpha value is -4.20. The molecule has 8 heteroatoms. The molecule has 35 heavy (non-hydrogen) atoms. The van der Waals surface area contributed by atoms with E-state index in [-0.39, 0.29) is 29.9 Å². The number of hydrogen-bond donors (Lipinski definition) is 1. The zero-order valence-electron chi connectivity index (χ0n) is 19.1. The molecular weight excluding hydrogens is 446 g/mol. The van der Waals surface area contributed by atoms with Crippen LogP contribution >= 0.6 is 0 Å². The lowest BCUT2D eigenvalue weighted by molar-refractivity contribution is -0.142. The lowest BCUT2D eigenvalue weighted by atomic mass is 10.1. The van der Waals surface area contributed by atoms with E-state index in [0.717, 1.165) is 16.0 Å². The monoisotopic (exact) mass is 471 g/mol. The number of carboxylic acids is 1. The van der Waals surface area contributed by atoms with Crippen molar-refractivity contribution in [3.8, 4) is 0 Å². The van der Waals surface area contributed by atoms with E-state index in [1.165, 1.54) is 17.5 Å². The summed E-state index contributed by atoms with van der Waals surface area (Å²) in [6.07, 6.45) is -0.179. The number of hydrogen-bond acceptors (Lipinski definition) is 5. The number of carbonyl (C=O) groups excluding carboxylic acids is 3. The maximum atomic E-state index is 12.9. The second-order valence-electron chi connectivity index (χ2n) is 8.78. The molecule has 0 bridgehead atoms. The van der Waals surface area contributed by atoms with Crippen LogP contribution in [0.1, 0.15) is 33.6 Å². The third kappa shape index (κ3) is 4.12. The van der Waals surface area contributed by atoms with Gasteiger partial charge in [0, 0.05) is 43.7 Å². The first-order chi connectivity index (χ1) is 17.0. The van der Waals surface area contributed by atoms with E-state index in [1.54, 1.807) is 17.0 Å². The van der Waals surface area contributed by atoms with Crippen LogP contribution < -0.4 is 4.90 Å². The molecule has 0 aromatic heterocycles. The zero-order chi connectivity index (χ0) is 24.5. The Labute approximate surface area is 202 Å². The topological polar surface area (TPSA) is 98.2 Å². The van der Waals surface area contributed by atoms with Crippen LogP contribution in [0.15, 0.2) is 66.7 Å². The van der Waals surface area contributed by atoms with Gasteiger partial charge in [0.1, 0.15) is 6.04 Å². The van der Waals surface area contributed by atoms with Gasteiger partial charge in [-0.3, -0.25) is 19.3 Å².